The summed E-state index contributed by atoms with van der Waals surface area (Å²) in [7, 11) is 0. The highest BCUT2D eigenvalue weighted by atomic mass is 16.4. The molecule has 0 aromatic rings. The molecular formula is C25H47NO6. The second kappa shape index (κ2) is 16.9. The van der Waals surface area contributed by atoms with E-state index in [1.54, 1.807) is 0 Å². The third kappa shape index (κ3) is 9.08. The number of hydrogen-bond acceptors (Lipinski definition) is 4. The molecule has 0 heterocycles. The van der Waals surface area contributed by atoms with E-state index in [9.17, 15) is 29.7 Å². The fourth-order valence-electron chi connectivity index (χ4n) is 5.15. The van der Waals surface area contributed by atoms with Crippen molar-refractivity contribution in [1.82, 2.24) is 0 Å². The number of quaternary nitrogens is 1. The molecule has 7 nitrogen and oxygen atoms in total. The molecule has 188 valence electrons. The van der Waals surface area contributed by atoms with E-state index in [-0.39, 0.29) is 25.8 Å². The van der Waals surface area contributed by atoms with E-state index in [0.29, 0.717) is 25.7 Å². The normalized spacial score (nSPS) is 16.1. The molecule has 0 saturated heterocycles. The molecule has 7 heteroatoms. The van der Waals surface area contributed by atoms with Crippen LogP contribution in [-0.2, 0) is 14.4 Å². The Bertz CT molecular complexity index is 491. The Kier molecular flexibility index (Phi) is 16.1. The van der Waals surface area contributed by atoms with E-state index in [1.807, 2.05) is 20.8 Å². The maximum Gasteiger partial charge on any atom is 0.362 e. The van der Waals surface area contributed by atoms with Gasteiger partial charge >= 0.3 is 11.9 Å². The molecule has 0 aromatic heterocycles. The summed E-state index contributed by atoms with van der Waals surface area (Å²) in [5.74, 6) is -3.57. The van der Waals surface area contributed by atoms with E-state index in [0.717, 1.165) is 25.7 Å². The summed E-state index contributed by atoms with van der Waals surface area (Å²) < 4.78 is -0.432. The lowest BCUT2D eigenvalue weighted by Gasteiger charge is -2.52. The second-order valence-electron chi connectivity index (χ2n) is 9.10. The van der Waals surface area contributed by atoms with Gasteiger partial charge in [-0.2, -0.15) is 0 Å². The van der Waals surface area contributed by atoms with Gasteiger partial charge in [0.15, 0.2) is 12.1 Å². The van der Waals surface area contributed by atoms with Crippen molar-refractivity contribution in [3.05, 3.63) is 0 Å². The zero-order chi connectivity index (χ0) is 24.6. The van der Waals surface area contributed by atoms with E-state index in [1.165, 1.54) is 19.3 Å². The predicted octanol–water partition coefficient (Wildman–Crippen LogP) is 4.37. The highest BCUT2D eigenvalue weighted by molar-refractivity contribution is 5.77. The number of carboxylic acids is 3. The van der Waals surface area contributed by atoms with Gasteiger partial charge in [0.2, 0.25) is 0 Å². The van der Waals surface area contributed by atoms with Crippen LogP contribution in [0.15, 0.2) is 0 Å². The monoisotopic (exact) mass is 457 g/mol. The SMILES string of the molecule is CCCCCCCCCC[N+](C(CCC)C(=O)[O-])(C(CCC)C(=O)O)C(CCC)C(=O)O. The van der Waals surface area contributed by atoms with E-state index < -0.39 is 40.5 Å². The molecule has 0 fully saturated rings. The van der Waals surface area contributed by atoms with Crippen molar-refractivity contribution in [1.29, 1.82) is 0 Å². The smallest absolute Gasteiger partial charge is 0.362 e. The fraction of sp³-hybridized carbons (Fsp3) is 0.880. The van der Waals surface area contributed by atoms with E-state index in [2.05, 4.69) is 6.92 Å². The van der Waals surface area contributed by atoms with Crippen LogP contribution in [0.1, 0.15) is 118 Å². The van der Waals surface area contributed by atoms with Gasteiger partial charge in [-0.15, -0.1) is 0 Å². The molecule has 0 radical (unpaired) electrons. The summed E-state index contributed by atoms with van der Waals surface area (Å²) in [6.45, 7) is 7.95. The first-order chi connectivity index (χ1) is 15.2. The van der Waals surface area contributed by atoms with Crippen molar-refractivity contribution in [2.45, 2.75) is 136 Å². The minimum atomic E-state index is -1.34. The molecule has 0 aromatic carbocycles. The number of aliphatic carboxylic acids is 3. The summed E-state index contributed by atoms with van der Waals surface area (Å²) in [5, 5.41) is 32.6. The maximum absolute atomic E-state index is 12.4. The topological polar surface area (TPSA) is 115 Å². The minimum absolute atomic E-state index is 0.209. The van der Waals surface area contributed by atoms with Crippen molar-refractivity contribution in [3.63, 3.8) is 0 Å². The van der Waals surface area contributed by atoms with Crippen LogP contribution in [0.5, 0.6) is 0 Å². The van der Waals surface area contributed by atoms with E-state index in [4.69, 9.17) is 0 Å². The Hall–Kier alpha value is -1.63. The summed E-state index contributed by atoms with van der Waals surface area (Å²) in [5.41, 5.74) is 0. The Balaban J connectivity index is 6.09. The lowest BCUT2D eigenvalue weighted by molar-refractivity contribution is -0.975. The first kappa shape index (κ1) is 30.4. The van der Waals surface area contributed by atoms with Gasteiger partial charge in [0.1, 0.15) is 6.04 Å². The number of carboxylic acid groups (broad SMARTS) is 3. The van der Waals surface area contributed by atoms with Gasteiger partial charge < -0.3 is 20.1 Å². The fourth-order valence-corrected chi connectivity index (χ4v) is 5.15. The highest BCUT2D eigenvalue weighted by Gasteiger charge is 2.54. The highest BCUT2D eigenvalue weighted by Crippen LogP contribution is 2.34. The van der Waals surface area contributed by atoms with Crippen LogP contribution in [0.25, 0.3) is 0 Å². The van der Waals surface area contributed by atoms with Crippen molar-refractivity contribution < 1.29 is 34.2 Å². The minimum Gasteiger partial charge on any atom is -0.544 e. The Morgan fingerprint density at radius 1 is 0.625 bits per heavy atom. The number of unbranched alkanes of at least 4 members (excludes halogenated alkanes) is 7. The standard InChI is InChI=1S/C25H47NO6/c1-5-9-10-11-12-13-14-15-19-26(20(16-6-2)23(27)28,21(17-7-3)24(29)30)22(18-8-4)25(31)32/h20-22H,5-19H2,1-4H3,(H2-,27,28,29,30,31,32). The first-order valence-corrected chi connectivity index (χ1v) is 12.8. The third-order valence-corrected chi connectivity index (χ3v) is 6.67. The molecule has 0 aliphatic carbocycles. The van der Waals surface area contributed by atoms with Crippen molar-refractivity contribution in [3.8, 4) is 0 Å². The van der Waals surface area contributed by atoms with Crippen LogP contribution in [0.2, 0.25) is 0 Å². The molecule has 0 amide bonds. The van der Waals surface area contributed by atoms with Gasteiger partial charge in [-0.25, -0.2) is 9.59 Å². The third-order valence-electron chi connectivity index (χ3n) is 6.67. The zero-order valence-electron chi connectivity index (χ0n) is 20.8. The summed E-state index contributed by atoms with van der Waals surface area (Å²) >= 11 is 0. The van der Waals surface area contributed by atoms with Gasteiger partial charge in [0.25, 0.3) is 0 Å². The molecule has 0 rings (SSSR count). The number of carbonyl (C=O) groups is 3. The molecule has 0 bridgehead atoms. The lowest BCUT2D eigenvalue weighted by Crippen LogP contribution is -2.74. The van der Waals surface area contributed by atoms with Crippen molar-refractivity contribution >= 4 is 17.9 Å². The largest absolute Gasteiger partial charge is 0.544 e. The number of nitrogens with zero attached hydrogens (tertiary/aromatic N) is 1. The molecule has 0 saturated carbocycles. The van der Waals surface area contributed by atoms with Crippen LogP contribution in [-0.4, -0.2) is 57.3 Å². The van der Waals surface area contributed by atoms with Crippen LogP contribution >= 0.6 is 0 Å². The van der Waals surface area contributed by atoms with Gasteiger partial charge in [-0.3, -0.25) is 4.48 Å². The van der Waals surface area contributed by atoms with Gasteiger partial charge in [0.05, 0.1) is 12.5 Å². The number of hydrogen-bond donors (Lipinski definition) is 2. The molecule has 0 spiro atoms. The predicted molar refractivity (Wildman–Crippen MR) is 124 cm³/mol. The van der Waals surface area contributed by atoms with Crippen LogP contribution in [0, 0.1) is 0 Å². The summed E-state index contributed by atoms with van der Waals surface area (Å²) in [6.07, 6.45) is 10.6. The van der Waals surface area contributed by atoms with Crippen LogP contribution in [0.3, 0.4) is 0 Å². The lowest BCUT2D eigenvalue weighted by atomic mass is 9.91. The Morgan fingerprint density at radius 3 is 1.34 bits per heavy atom. The molecular weight excluding hydrogens is 410 g/mol. The average molecular weight is 458 g/mol. The Morgan fingerprint density at radius 2 is 1.00 bits per heavy atom. The van der Waals surface area contributed by atoms with Crippen molar-refractivity contribution in [2.24, 2.45) is 0 Å². The average Bonchev–Trinajstić information content (AvgIpc) is 2.73. The number of carbonyl (C=O) groups excluding carboxylic acids is 1. The second-order valence-corrected chi connectivity index (χ2v) is 9.10. The van der Waals surface area contributed by atoms with Gasteiger partial charge in [-0.1, -0.05) is 72.6 Å². The molecule has 0 aliphatic rings. The maximum atomic E-state index is 12.4. The molecule has 2 N–H and O–H groups in total. The van der Waals surface area contributed by atoms with Crippen molar-refractivity contribution in [2.75, 3.05) is 6.54 Å². The van der Waals surface area contributed by atoms with Gasteiger partial charge in [-0.05, 0) is 25.7 Å². The van der Waals surface area contributed by atoms with Crippen LogP contribution < -0.4 is 5.11 Å². The van der Waals surface area contributed by atoms with E-state index >= 15 is 0 Å². The quantitative estimate of drug-likeness (QED) is 0.195. The van der Waals surface area contributed by atoms with Gasteiger partial charge in [0, 0.05) is 19.3 Å². The Labute approximate surface area is 194 Å². The number of rotatable bonds is 21. The first-order valence-electron chi connectivity index (χ1n) is 12.8. The van der Waals surface area contributed by atoms with Crippen LogP contribution in [0.4, 0.5) is 0 Å². The summed E-state index contributed by atoms with van der Waals surface area (Å²) in [6, 6.07) is -3.30. The molecule has 0 aliphatic heterocycles. The molecule has 32 heavy (non-hydrogen) atoms. The molecule has 3 unspecified atom stereocenters. The molecule has 3 atom stereocenters. The zero-order valence-corrected chi connectivity index (χ0v) is 20.8. The summed E-state index contributed by atoms with van der Waals surface area (Å²) in [4.78, 5) is 37.1.